The minimum Gasteiger partial charge on any atom is -0.392 e. The predicted octanol–water partition coefficient (Wildman–Crippen LogP) is 1.92. The van der Waals surface area contributed by atoms with Gasteiger partial charge in [0.25, 0.3) is 0 Å². The van der Waals surface area contributed by atoms with E-state index in [1.54, 1.807) is 6.20 Å². The Balaban J connectivity index is 2.10. The standard InChI is InChI=1S/C14H15N3O/c1-16-8-6-15-13(16)9-17-7-5-11-3-2-4-12(10-18)14(11)17/h2-8,18H,9-10H2,1H3. The highest BCUT2D eigenvalue weighted by atomic mass is 16.3. The zero-order chi connectivity index (χ0) is 12.5. The van der Waals surface area contributed by atoms with Crippen LogP contribution in [0, 0.1) is 0 Å². The Morgan fingerprint density at radius 2 is 2.11 bits per heavy atom. The third kappa shape index (κ3) is 1.71. The Morgan fingerprint density at radius 1 is 1.22 bits per heavy atom. The van der Waals surface area contributed by atoms with Crippen LogP contribution in [0.4, 0.5) is 0 Å². The van der Waals surface area contributed by atoms with Crippen molar-refractivity contribution >= 4 is 10.9 Å². The first-order valence-electron chi connectivity index (χ1n) is 5.93. The van der Waals surface area contributed by atoms with Gasteiger partial charge in [-0.15, -0.1) is 0 Å². The van der Waals surface area contributed by atoms with Gasteiger partial charge in [0.2, 0.25) is 0 Å². The van der Waals surface area contributed by atoms with Gasteiger partial charge in [-0.1, -0.05) is 18.2 Å². The molecule has 3 aromatic rings. The highest BCUT2D eigenvalue weighted by Gasteiger charge is 2.08. The number of hydrogen-bond acceptors (Lipinski definition) is 2. The number of aliphatic hydroxyl groups excluding tert-OH is 1. The van der Waals surface area contributed by atoms with E-state index in [2.05, 4.69) is 21.7 Å². The zero-order valence-electron chi connectivity index (χ0n) is 10.2. The maximum atomic E-state index is 9.42. The molecule has 0 unspecified atom stereocenters. The molecule has 2 aromatic heterocycles. The van der Waals surface area contributed by atoms with E-state index in [0.717, 1.165) is 22.3 Å². The minimum atomic E-state index is 0.0575. The second kappa shape index (κ2) is 4.31. The predicted molar refractivity (Wildman–Crippen MR) is 70.2 cm³/mol. The number of aryl methyl sites for hydroxylation is 1. The molecule has 4 nitrogen and oxygen atoms in total. The van der Waals surface area contributed by atoms with Gasteiger partial charge in [0.1, 0.15) is 5.82 Å². The Labute approximate surface area is 105 Å². The first kappa shape index (κ1) is 11.0. The van der Waals surface area contributed by atoms with E-state index in [1.165, 1.54) is 0 Å². The quantitative estimate of drug-likeness (QED) is 0.761. The molecule has 18 heavy (non-hydrogen) atoms. The number of para-hydroxylation sites is 1. The summed E-state index contributed by atoms with van der Waals surface area (Å²) in [6.07, 6.45) is 5.78. The summed E-state index contributed by atoms with van der Waals surface area (Å²) in [7, 11) is 1.99. The van der Waals surface area contributed by atoms with E-state index in [4.69, 9.17) is 0 Å². The Kier molecular flexibility index (Phi) is 2.64. The van der Waals surface area contributed by atoms with Crippen molar-refractivity contribution < 1.29 is 5.11 Å². The van der Waals surface area contributed by atoms with E-state index < -0.39 is 0 Å². The van der Waals surface area contributed by atoms with Gasteiger partial charge < -0.3 is 14.2 Å². The molecule has 0 aliphatic rings. The average molecular weight is 241 g/mol. The smallest absolute Gasteiger partial charge is 0.128 e. The molecule has 92 valence electrons. The second-order valence-corrected chi connectivity index (χ2v) is 4.41. The van der Waals surface area contributed by atoms with Crippen LogP contribution >= 0.6 is 0 Å². The molecule has 2 heterocycles. The number of imidazole rings is 1. The zero-order valence-corrected chi connectivity index (χ0v) is 10.2. The Hall–Kier alpha value is -2.07. The molecule has 0 amide bonds. The molecule has 4 heteroatoms. The monoisotopic (exact) mass is 241 g/mol. The summed E-state index contributed by atoms with van der Waals surface area (Å²) in [6, 6.07) is 8.05. The molecule has 0 radical (unpaired) electrons. The van der Waals surface area contributed by atoms with Crippen molar-refractivity contribution in [2.24, 2.45) is 7.05 Å². The molecular weight excluding hydrogens is 226 g/mol. The third-order valence-corrected chi connectivity index (χ3v) is 3.28. The highest BCUT2D eigenvalue weighted by Crippen LogP contribution is 2.21. The van der Waals surface area contributed by atoms with Gasteiger partial charge in [0.15, 0.2) is 0 Å². The van der Waals surface area contributed by atoms with Crippen molar-refractivity contribution in [1.82, 2.24) is 14.1 Å². The number of rotatable bonds is 3. The van der Waals surface area contributed by atoms with Crippen LogP contribution < -0.4 is 0 Å². The fraction of sp³-hybridized carbons (Fsp3) is 0.214. The average Bonchev–Trinajstić information content (AvgIpc) is 2.97. The molecule has 0 spiro atoms. The fourth-order valence-electron chi connectivity index (χ4n) is 2.30. The lowest BCUT2D eigenvalue weighted by atomic mass is 10.1. The summed E-state index contributed by atoms with van der Waals surface area (Å²) in [4.78, 5) is 4.33. The molecule has 3 rings (SSSR count). The lowest BCUT2D eigenvalue weighted by Gasteiger charge is -2.08. The van der Waals surface area contributed by atoms with Gasteiger partial charge in [-0.05, 0) is 11.5 Å². The summed E-state index contributed by atoms with van der Waals surface area (Å²) in [5.41, 5.74) is 2.04. The van der Waals surface area contributed by atoms with Crippen molar-refractivity contribution in [1.29, 1.82) is 0 Å². The van der Waals surface area contributed by atoms with Crippen LogP contribution in [0.3, 0.4) is 0 Å². The van der Waals surface area contributed by atoms with Gasteiger partial charge in [-0.25, -0.2) is 4.98 Å². The van der Waals surface area contributed by atoms with Gasteiger partial charge in [0.05, 0.1) is 18.7 Å². The van der Waals surface area contributed by atoms with Gasteiger partial charge in [-0.3, -0.25) is 0 Å². The molecule has 0 saturated carbocycles. The molecule has 0 atom stereocenters. The Bertz CT molecular complexity index is 681. The van der Waals surface area contributed by atoms with E-state index in [9.17, 15) is 5.11 Å². The fourth-order valence-corrected chi connectivity index (χ4v) is 2.30. The summed E-state index contributed by atoms with van der Waals surface area (Å²) >= 11 is 0. The number of benzene rings is 1. The van der Waals surface area contributed by atoms with Crippen LogP contribution in [0.2, 0.25) is 0 Å². The molecule has 0 fully saturated rings. The summed E-state index contributed by atoms with van der Waals surface area (Å²) < 4.78 is 4.14. The van der Waals surface area contributed by atoms with Crippen LogP contribution in [0.5, 0.6) is 0 Å². The largest absolute Gasteiger partial charge is 0.392 e. The lowest BCUT2D eigenvalue weighted by molar-refractivity contribution is 0.283. The topological polar surface area (TPSA) is 43.0 Å². The van der Waals surface area contributed by atoms with Gasteiger partial charge >= 0.3 is 0 Å². The van der Waals surface area contributed by atoms with Crippen molar-refractivity contribution in [2.45, 2.75) is 13.2 Å². The number of aromatic nitrogens is 3. The van der Waals surface area contributed by atoms with Gasteiger partial charge in [0, 0.05) is 31.2 Å². The SMILES string of the molecule is Cn1ccnc1Cn1ccc2cccc(CO)c21. The van der Waals surface area contributed by atoms with E-state index in [0.29, 0.717) is 6.54 Å². The Morgan fingerprint density at radius 3 is 2.83 bits per heavy atom. The number of aliphatic hydroxyl groups is 1. The van der Waals surface area contributed by atoms with Crippen LogP contribution in [0.25, 0.3) is 10.9 Å². The van der Waals surface area contributed by atoms with E-state index in [1.807, 2.05) is 36.1 Å². The molecule has 0 bridgehead atoms. The number of fused-ring (bicyclic) bond motifs is 1. The normalized spacial score (nSPS) is 11.2. The first-order chi connectivity index (χ1) is 8.79. The van der Waals surface area contributed by atoms with Gasteiger partial charge in [-0.2, -0.15) is 0 Å². The van der Waals surface area contributed by atoms with E-state index in [-0.39, 0.29) is 6.61 Å². The molecular formula is C14H15N3O. The van der Waals surface area contributed by atoms with Crippen molar-refractivity contribution in [3.63, 3.8) is 0 Å². The maximum Gasteiger partial charge on any atom is 0.128 e. The summed E-state index contributed by atoms with van der Waals surface area (Å²) in [6.45, 7) is 0.770. The first-order valence-corrected chi connectivity index (χ1v) is 5.93. The maximum absolute atomic E-state index is 9.42. The molecule has 0 saturated heterocycles. The van der Waals surface area contributed by atoms with Crippen LogP contribution in [-0.4, -0.2) is 19.2 Å². The van der Waals surface area contributed by atoms with Crippen LogP contribution in [0.1, 0.15) is 11.4 Å². The molecule has 0 aliphatic heterocycles. The van der Waals surface area contributed by atoms with Crippen LogP contribution in [-0.2, 0) is 20.2 Å². The van der Waals surface area contributed by atoms with Crippen molar-refractivity contribution in [3.8, 4) is 0 Å². The molecule has 1 N–H and O–H groups in total. The molecule has 1 aromatic carbocycles. The summed E-state index contributed by atoms with van der Waals surface area (Å²) in [5, 5.41) is 10.6. The minimum absolute atomic E-state index is 0.0575. The lowest BCUT2D eigenvalue weighted by Crippen LogP contribution is -2.05. The third-order valence-electron chi connectivity index (χ3n) is 3.28. The van der Waals surface area contributed by atoms with E-state index >= 15 is 0 Å². The van der Waals surface area contributed by atoms with Crippen LogP contribution in [0.15, 0.2) is 42.9 Å². The highest BCUT2D eigenvalue weighted by molar-refractivity contribution is 5.83. The van der Waals surface area contributed by atoms with Crippen molar-refractivity contribution in [3.05, 3.63) is 54.2 Å². The van der Waals surface area contributed by atoms with Crippen molar-refractivity contribution in [2.75, 3.05) is 0 Å². The summed E-state index contributed by atoms with van der Waals surface area (Å²) in [5.74, 6) is 1.00. The number of nitrogens with zero attached hydrogens (tertiary/aromatic N) is 3. The number of hydrogen-bond donors (Lipinski definition) is 1. The second-order valence-electron chi connectivity index (χ2n) is 4.41. The molecule has 0 aliphatic carbocycles.